The normalized spacial score (nSPS) is 11.8. The van der Waals surface area contributed by atoms with Gasteiger partial charge in [0.15, 0.2) is 6.61 Å². The molecular weight excluding hydrogens is 442 g/mol. The third-order valence-corrected chi connectivity index (χ3v) is 6.77. The Morgan fingerprint density at radius 1 is 0.694 bits per heavy atom. The molecule has 1 unspecified atom stereocenters. The van der Waals surface area contributed by atoms with Gasteiger partial charge in [0.25, 0.3) is 5.91 Å². The zero-order valence-corrected chi connectivity index (χ0v) is 21.8. The summed E-state index contributed by atoms with van der Waals surface area (Å²) in [6, 6.07) is 31.0. The van der Waals surface area contributed by atoms with Gasteiger partial charge in [-0.3, -0.25) is 4.79 Å². The van der Waals surface area contributed by atoms with E-state index in [0.717, 1.165) is 11.1 Å². The van der Waals surface area contributed by atoms with Crippen LogP contribution in [0.2, 0.25) is 0 Å². The Hall–Kier alpha value is -3.85. The second kappa shape index (κ2) is 11.3. The molecule has 4 rings (SSSR count). The standard InChI is InChI=1S/C33H35NO2/c1-22-6-11-28(12-7-22)33(29-13-8-23(2)9-14-29)34-32(35)21-36-30-17-15-27(16-18-30)26(5)31-19-10-24(3)20-25(31)4/h6-20,26,33H,21H2,1-5H3,(H,34,35). The van der Waals surface area contributed by atoms with Crippen LogP contribution in [0.25, 0.3) is 0 Å². The highest BCUT2D eigenvalue weighted by atomic mass is 16.5. The van der Waals surface area contributed by atoms with E-state index in [1.807, 2.05) is 12.1 Å². The van der Waals surface area contributed by atoms with Gasteiger partial charge in [-0.25, -0.2) is 0 Å². The number of carbonyl (C=O) groups is 1. The summed E-state index contributed by atoms with van der Waals surface area (Å²) in [5.74, 6) is 0.811. The molecule has 184 valence electrons. The highest BCUT2D eigenvalue weighted by Crippen LogP contribution is 2.29. The van der Waals surface area contributed by atoms with E-state index in [0.29, 0.717) is 5.75 Å². The van der Waals surface area contributed by atoms with Gasteiger partial charge in [-0.2, -0.15) is 0 Å². The van der Waals surface area contributed by atoms with Crippen molar-refractivity contribution < 1.29 is 9.53 Å². The number of ether oxygens (including phenoxy) is 1. The molecular formula is C33H35NO2. The van der Waals surface area contributed by atoms with Crippen molar-refractivity contribution in [2.24, 2.45) is 0 Å². The average molecular weight is 478 g/mol. The number of amides is 1. The predicted molar refractivity (Wildman–Crippen MR) is 148 cm³/mol. The summed E-state index contributed by atoms with van der Waals surface area (Å²) in [4.78, 5) is 12.9. The third-order valence-electron chi connectivity index (χ3n) is 6.77. The molecule has 3 nitrogen and oxygen atoms in total. The van der Waals surface area contributed by atoms with Crippen LogP contribution in [0, 0.1) is 27.7 Å². The minimum atomic E-state index is -0.233. The van der Waals surface area contributed by atoms with Crippen molar-refractivity contribution in [3.05, 3.63) is 136 Å². The lowest BCUT2D eigenvalue weighted by atomic mass is 9.89. The summed E-state index contributed by atoms with van der Waals surface area (Å²) >= 11 is 0. The van der Waals surface area contributed by atoms with Gasteiger partial charge in [0.2, 0.25) is 0 Å². The second-order valence-corrected chi connectivity index (χ2v) is 9.76. The Morgan fingerprint density at radius 3 is 1.72 bits per heavy atom. The van der Waals surface area contributed by atoms with Gasteiger partial charge < -0.3 is 10.1 Å². The molecule has 3 heteroatoms. The lowest BCUT2D eigenvalue weighted by Gasteiger charge is -2.21. The topological polar surface area (TPSA) is 38.3 Å². The number of nitrogens with one attached hydrogen (secondary N) is 1. The molecule has 0 saturated heterocycles. The highest BCUT2D eigenvalue weighted by Gasteiger charge is 2.18. The largest absolute Gasteiger partial charge is 0.484 e. The van der Waals surface area contributed by atoms with Gasteiger partial charge in [0.1, 0.15) is 5.75 Å². The quantitative estimate of drug-likeness (QED) is 0.288. The Kier molecular flexibility index (Phi) is 7.90. The van der Waals surface area contributed by atoms with E-state index in [4.69, 9.17) is 4.74 Å². The second-order valence-electron chi connectivity index (χ2n) is 9.76. The third kappa shape index (κ3) is 6.23. The fourth-order valence-corrected chi connectivity index (χ4v) is 4.57. The molecule has 0 spiro atoms. The van der Waals surface area contributed by atoms with E-state index in [2.05, 4.69) is 119 Å². The van der Waals surface area contributed by atoms with Crippen LogP contribution >= 0.6 is 0 Å². The fourth-order valence-electron chi connectivity index (χ4n) is 4.57. The zero-order valence-electron chi connectivity index (χ0n) is 21.8. The summed E-state index contributed by atoms with van der Waals surface area (Å²) in [6.07, 6.45) is 0. The van der Waals surface area contributed by atoms with E-state index in [-0.39, 0.29) is 24.5 Å². The van der Waals surface area contributed by atoms with Gasteiger partial charge >= 0.3 is 0 Å². The first kappa shape index (κ1) is 25.2. The van der Waals surface area contributed by atoms with E-state index in [1.165, 1.54) is 33.4 Å². The molecule has 36 heavy (non-hydrogen) atoms. The molecule has 0 radical (unpaired) electrons. The maximum Gasteiger partial charge on any atom is 0.258 e. The smallest absolute Gasteiger partial charge is 0.258 e. The van der Waals surface area contributed by atoms with Crippen molar-refractivity contribution in [2.45, 2.75) is 46.6 Å². The zero-order chi connectivity index (χ0) is 25.7. The molecule has 0 saturated carbocycles. The fraction of sp³-hybridized carbons (Fsp3) is 0.242. The van der Waals surface area contributed by atoms with Gasteiger partial charge in [0.05, 0.1) is 6.04 Å². The first-order valence-corrected chi connectivity index (χ1v) is 12.5. The summed E-state index contributed by atoms with van der Waals surface area (Å²) in [6.45, 7) is 10.6. The Bertz CT molecular complexity index is 1260. The molecule has 1 atom stereocenters. The van der Waals surface area contributed by atoms with E-state index in [9.17, 15) is 4.79 Å². The number of carbonyl (C=O) groups excluding carboxylic acids is 1. The summed E-state index contributed by atoms with van der Waals surface area (Å²) in [7, 11) is 0. The van der Waals surface area contributed by atoms with Crippen molar-refractivity contribution in [2.75, 3.05) is 6.61 Å². The van der Waals surface area contributed by atoms with Crippen molar-refractivity contribution in [3.8, 4) is 5.75 Å². The molecule has 0 bridgehead atoms. The summed E-state index contributed by atoms with van der Waals surface area (Å²) < 4.78 is 5.85. The minimum Gasteiger partial charge on any atom is -0.484 e. The molecule has 1 N–H and O–H groups in total. The molecule has 4 aromatic carbocycles. The van der Waals surface area contributed by atoms with E-state index >= 15 is 0 Å². The lowest BCUT2D eigenvalue weighted by Crippen LogP contribution is -2.33. The van der Waals surface area contributed by atoms with Crippen LogP contribution in [0.5, 0.6) is 5.75 Å². The molecule has 0 aliphatic carbocycles. The van der Waals surface area contributed by atoms with Crippen molar-refractivity contribution in [3.63, 3.8) is 0 Å². The van der Waals surface area contributed by atoms with E-state index in [1.54, 1.807) is 0 Å². The van der Waals surface area contributed by atoms with Crippen LogP contribution < -0.4 is 10.1 Å². The average Bonchev–Trinajstić information content (AvgIpc) is 2.87. The number of hydrogen-bond acceptors (Lipinski definition) is 2. The first-order valence-electron chi connectivity index (χ1n) is 12.5. The monoisotopic (exact) mass is 477 g/mol. The molecule has 1 amide bonds. The SMILES string of the molecule is Cc1ccc(C(NC(=O)COc2ccc(C(C)c3ccc(C)cc3C)cc2)c2ccc(C)cc2)cc1. The summed E-state index contributed by atoms with van der Waals surface area (Å²) in [5.41, 5.74) is 9.58. The molecule has 0 fully saturated rings. The van der Waals surface area contributed by atoms with Crippen LogP contribution in [0.4, 0.5) is 0 Å². The predicted octanol–water partition coefficient (Wildman–Crippen LogP) is 7.36. The van der Waals surface area contributed by atoms with Crippen molar-refractivity contribution in [1.29, 1.82) is 0 Å². The Labute approximate surface area is 215 Å². The van der Waals surface area contributed by atoms with Gasteiger partial charge in [-0.1, -0.05) is 102 Å². The van der Waals surface area contributed by atoms with Gasteiger partial charge in [-0.05, 0) is 67.6 Å². The molecule has 0 aliphatic heterocycles. The minimum absolute atomic E-state index is 0.0415. The number of hydrogen-bond donors (Lipinski definition) is 1. The van der Waals surface area contributed by atoms with Crippen molar-refractivity contribution in [1.82, 2.24) is 5.32 Å². The molecule has 0 aromatic heterocycles. The lowest BCUT2D eigenvalue weighted by molar-refractivity contribution is -0.123. The number of benzene rings is 4. The molecule has 4 aromatic rings. The maximum absolute atomic E-state index is 12.9. The first-order chi connectivity index (χ1) is 17.3. The number of rotatable bonds is 8. The van der Waals surface area contributed by atoms with Crippen LogP contribution in [0.15, 0.2) is 91.0 Å². The van der Waals surface area contributed by atoms with Crippen LogP contribution in [-0.4, -0.2) is 12.5 Å². The highest BCUT2D eigenvalue weighted by molar-refractivity contribution is 5.78. The van der Waals surface area contributed by atoms with Crippen molar-refractivity contribution >= 4 is 5.91 Å². The number of aryl methyl sites for hydroxylation is 4. The van der Waals surface area contributed by atoms with Crippen LogP contribution in [0.3, 0.4) is 0 Å². The Balaban J connectivity index is 1.41. The van der Waals surface area contributed by atoms with Gasteiger partial charge in [0, 0.05) is 5.92 Å². The van der Waals surface area contributed by atoms with E-state index < -0.39 is 0 Å². The van der Waals surface area contributed by atoms with Crippen LogP contribution in [-0.2, 0) is 4.79 Å². The molecule has 0 aliphatic rings. The van der Waals surface area contributed by atoms with Crippen LogP contribution in [0.1, 0.15) is 63.4 Å². The maximum atomic E-state index is 12.9. The summed E-state index contributed by atoms with van der Waals surface area (Å²) in [5, 5.41) is 3.16. The van der Waals surface area contributed by atoms with Gasteiger partial charge in [-0.15, -0.1) is 0 Å². The molecule has 0 heterocycles. The Morgan fingerprint density at radius 2 is 1.19 bits per heavy atom.